The molecular formula is C17H15BrN2O2. The summed E-state index contributed by atoms with van der Waals surface area (Å²) in [4.78, 5) is 26.1. The molecule has 3 rings (SSSR count). The van der Waals surface area contributed by atoms with Crippen LogP contribution in [0.25, 0.3) is 0 Å². The Morgan fingerprint density at radius 1 is 1.09 bits per heavy atom. The smallest absolute Gasteiger partial charge is 0.252 e. The molecule has 112 valence electrons. The fourth-order valence-electron chi connectivity index (χ4n) is 2.57. The van der Waals surface area contributed by atoms with Crippen molar-refractivity contribution in [3.8, 4) is 0 Å². The third-order valence-corrected chi connectivity index (χ3v) is 4.34. The Bertz CT molecular complexity index is 703. The highest BCUT2D eigenvalue weighted by Crippen LogP contribution is 2.22. The average Bonchev–Trinajstić information content (AvgIpc) is 2.89. The van der Waals surface area contributed by atoms with E-state index in [1.807, 2.05) is 48.5 Å². The second kappa shape index (κ2) is 6.32. The number of amides is 2. The first-order chi connectivity index (χ1) is 10.6. The van der Waals surface area contributed by atoms with Gasteiger partial charge in [0.2, 0.25) is 5.91 Å². The summed E-state index contributed by atoms with van der Waals surface area (Å²) in [6.45, 7) is 0.499. The Morgan fingerprint density at radius 2 is 1.77 bits per heavy atom. The van der Waals surface area contributed by atoms with Gasteiger partial charge in [-0.05, 0) is 40.2 Å². The van der Waals surface area contributed by atoms with Crippen molar-refractivity contribution in [2.24, 2.45) is 0 Å². The Labute approximate surface area is 137 Å². The molecule has 1 atom stereocenters. The maximum Gasteiger partial charge on any atom is 0.252 e. The Hall–Kier alpha value is -2.14. The Balaban J connectivity index is 1.69. The molecule has 1 N–H and O–H groups in total. The Kier molecular flexibility index (Phi) is 4.24. The van der Waals surface area contributed by atoms with Crippen LogP contribution < -0.4 is 10.2 Å². The number of nitrogens with zero attached hydrogens (tertiary/aromatic N) is 1. The van der Waals surface area contributed by atoms with Crippen LogP contribution in [0.5, 0.6) is 0 Å². The number of halogens is 1. The predicted octanol–water partition coefficient (Wildman–Crippen LogP) is 2.98. The minimum absolute atomic E-state index is 0.0311. The highest BCUT2D eigenvalue weighted by molar-refractivity contribution is 9.10. The van der Waals surface area contributed by atoms with E-state index in [9.17, 15) is 9.59 Å². The topological polar surface area (TPSA) is 49.4 Å². The van der Waals surface area contributed by atoms with Crippen LogP contribution in [0.4, 0.5) is 5.69 Å². The van der Waals surface area contributed by atoms with Gasteiger partial charge in [0.05, 0.1) is 11.6 Å². The molecule has 4 nitrogen and oxygen atoms in total. The molecule has 0 aliphatic carbocycles. The molecule has 0 bridgehead atoms. The second-order valence-electron chi connectivity index (χ2n) is 5.19. The van der Waals surface area contributed by atoms with Gasteiger partial charge in [0.15, 0.2) is 0 Å². The zero-order valence-electron chi connectivity index (χ0n) is 11.8. The second-order valence-corrected chi connectivity index (χ2v) is 6.05. The lowest BCUT2D eigenvalue weighted by molar-refractivity contribution is -0.117. The third-order valence-electron chi connectivity index (χ3n) is 3.65. The van der Waals surface area contributed by atoms with E-state index < -0.39 is 0 Å². The zero-order chi connectivity index (χ0) is 15.5. The third kappa shape index (κ3) is 3.04. The number of rotatable bonds is 3. The van der Waals surface area contributed by atoms with E-state index in [1.54, 1.807) is 11.0 Å². The number of hydrogen-bond donors (Lipinski definition) is 1. The molecule has 0 radical (unpaired) electrons. The first kappa shape index (κ1) is 14.8. The van der Waals surface area contributed by atoms with Gasteiger partial charge in [-0.1, -0.05) is 30.3 Å². The molecule has 2 aromatic carbocycles. The van der Waals surface area contributed by atoms with Crippen LogP contribution in [-0.4, -0.2) is 24.4 Å². The minimum atomic E-state index is -0.174. The van der Waals surface area contributed by atoms with Crippen LogP contribution in [0.2, 0.25) is 0 Å². The lowest BCUT2D eigenvalue weighted by Crippen LogP contribution is -2.37. The van der Waals surface area contributed by atoms with Crippen LogP contribution >= 0.6 is 15.9 Å². The first-order valence-electron chi connectivity index (χ1n) is 7.06. The summed E-state index contributed by atoms with van der Waals surface area (Å²) in [5.41, 5.74) is 1.44. The highest BCUT2D eigenvalue weighted by atomic mass is 79.9. The SMILES string of the molecule is O=C(NC1CC(=O)N(c2ccccc2)C1)c1ccccc1Br. The molecule has 0 aromatic heterocycles. The van der Waals surface area contributed by atoms with Crippen molar-refractivity contribution in [3.05, 3.63) is 64.6 Å². The quantitative estimate of drug-likeness (QED) is 0.916. The summed E-state index contributed by atoms with van der Waals surface area (Å²) in [7, 11) is 0. The van der Waals surface area contributed by atoms with E-state index >= 15 is 0 Å². The molecule has 1 heterocycles. The van der Waals surface area contributed by atoms with Gasteiger partial charge in [-0.15, -0.1) is 0 Å². The van der Waals surface area contributed by atoms with Crippen molar-refractivity contribution >= 4 is 33.4 Å². The van der Waals surface area contributed by atoms with Crippen molar-refractivity contribution in [1.82, 2.24) is 5.32 Å². The van der Waals surface area contributed by atoms with Gasteiger partial charge in [0, 0.05) is 23.1 Å². The van der Waals surface area contributed by atoms with Crippen molar-refractivity contribution in [2.45, 2.75) is 12.5 Å². The summed E-state index contributed by atoms with van der Waals surface area (Å²) in [6.07, 6.45) is 0.324. The standard InChI is InChI=1S/C17H15BrN2O2/c18-15-9-5-4-8-14(15)17(22)19-12-10-16(21)20(11-12)13-6-2-1-3-7-13/h1-9,12H,10-11H2,(H,19,22). The van der Waals surface area contributed by atoms with E-state index in [0.717, 1.165) is 10.2 Å². The van der Waals surface area contributed by atoms with E-state index in [4.69, 9.17) is 0 Å². The van der Waals surface area contributed by atoms with Gasteiger partial charge >= 0.3 is 0 Å². The number of benzene rings is 2. The van der Waals surface area contributed by atoms with E-state index in [0.29, 0.717) is 18.5 Å². The van der Waals surface area contributed by atoms with Crippen LogP contribution in [-0.2, 0) is 4.79 Å². The predicted molar refractivity (Wildman–Crippen MR) is 88.8 cm³/mol. The van der Waals surface area contributed by atoms with E-state index in [-0.39, 0.29) is 17.9 Å². The van der Waals surface area contributed by atoms with Crippen LogP contribution in [0, 0.1) is 0 Å². The number of carbonyl (C=O) groups excluding carboxylic acids is 2. The summed E-state index contributed by atoms with van der Waals surface area (Å²) in [5, 5.41) is 2.93. The minimum Gasteiger partial charge on any atom is -0.347 e. The van der Waals surface area contributed by atoms with Gasteiger partial charge < -0.3 is 10.2 Å². The highest BCUT2D eigenvalue weighted by Gasteiger charge is 2.31. The molecule has 1 fully saturated rings. The molecule has 1 aliphatic rings. The van der Waals surface area contributed by atoms with Gasteiger partial charge in [0.1, 0.15) is 0 Å². The fraction of sp³-hybridized carbons (Fsp3) is 0.176. The maximum absolute atomic E-state index is 12.3. The average molecular weight is 359 g/mol. The lowest BCUT2D eigenvalue weighted by Gasteiger charge is -2.17. The van der Waals surface area contributed by atoms with E-state index in [1.165, 1.54) is 0 Å². The van der Waals surface area contributed by atoms with Crippen LogP contribution in [0.15, 0.2) is 59.1 Å². The summed E-state index contributed by atoms with van der Waals surface area (Å²) < 4.78 is 0.747. The van der Waals surface area contributed by atoms with Crippen LogP contribution in [0.1, 0.15) is 16.8 Å². The molecule has 2 aromatic rings. The number of nitrogens with one attached hydrogen (secondary N) is 1. The number of carbonyl (C=O) groups is 2. The van der Waals surface area contributed by atoms with Gasteiger partial charge in [0.25, 0.3) is 5.91 Å². The van der Waals surface area contributed by atoms with E-state index in [2.05, 4.69) is 21.2 Å². The molecule has 0 spiro atoms. The fourth-order valence-corrected chi connectivity index (χ4v) is 3.04. The van der Waals surface area contributed by atoms with Crippen molar-refractivity contribution < 1.29 is 9.59 Å². The van der Waals surface area contributed by atoms with Crippen molar-refractivity contribution in [1.29, 1.82) is 0 Å². The zero-order valence-corrected chi connectivity index (χ0v) is 13.4. The molecule has 0 saturated carbocycles. The molecule has 1 saturated heterocycles. The maximum atomic E-state index is 12.3. The van der Waals surface area contributed by atoms with Gasteiger partial charge in [-0.25, -0.2) is 0 Å². The molecule has 2 amide bonds. The number of para-hydroxylation sites is 1. The van der Waals surface area contributed by atoms with Crippen molar-refractivity contribution in [3.63, 3.8) is 0 Å². The van der Waals surface area contributed by atoms with Gasteiger partial charge in [-0.2, -0.15) is 0 Å². The summed E-state index contributed by atoms with van der Waals surface area (Å²) in [5.74, 6) is -0.135. The normalized spacial score (nSPS) is 17.6. The van der Waals surface area contributed by atoms with Gasteiger partial charge in [-0.3, -0.25) is 9.59 Å². The monoisotopic (exact) mass is 358 g/mol. The number of hydrogen-bond acceptors (Lipinski definition) is 2. The summed E-state index contributed by atoms with van der Waals surface area (Å²) in [6, 6.07) is 16.6. The van der Waals surface area contributed by atoms with Crippen LogP contribution in [0.3, 0.4) is 0 Å². The van der Waals surface area contributed by atoms with Crippen molar-refractivity contribution in [2.75, 3.05) is 11.4 Å². The molecular weight excluding hydrogens is 344 g/mol. The first-order valence-corrected chi connectivity index (χ1v) is 7.85. The lowest BCUT2D eigenvalue weighted by atomic mass is 10.2. The molecule has 22 heavy (non-hydrogen) atoms. The Morgan fingerprint density at radius 3 is 2.50 bits per heavy atom. The molecule has 1 aliphatic heterocycles. The summed E-state index contributed by atoms with van der Waals surface area (Å²) >= 11 is 3.37. The number of anilines is 1. The molecule has 5 heteroatoms. The molecule has 1 unspecified atom stereocenters. The largest absolute Gasteiger partial charge is 0.347 e.